The van der Waals surface area contributed by atoms with E-state index in [9.17, 15) is 15.3 Å². The summed E-state index contributed by atoms with van der Waals surface area (Å²) in [4.78, 5) is 0. The van der Waals surface area contributed by atoms with Crippen LogP contribution in [0.4, 0.5) is 0 Å². The Labute approximate surface area is 193 Å². The first-order chi connectivity index (χ1) is 15.1. The molecular weight excluding hydrogens is 400 g/mol. The molecule has 4 aliphatic rings. The van der Waals surface area contributed by atoms with Gasteiger partial charge in [-0.2, -0.15) is 0 Å². The van der Waals surface area contributed by atoms with Crippen molar-refractivity contribution < 1.29 is 20.1 Å². The summed E-state index contributed by atoms with van der Waals surface area (Å²) in [5.74, 6) is 1.73. The van der Waals surface area contributed by atoms with Crippen molar-refractivity contribution in [1.29, 1.82) is 0 Å². The predicted molar refractivity (Wildman–Crippen MR) is 128 cm³/mol. The van der Waals surface area contributed by atoms with Crippen molar-refractivity contribution in [1.82, 2.24) is 0 Å². The summed E-state index contributed by atoms with van der Waals surface area (Å²) in [6.07, 6.45) is 14.9. The van der Waals surface area contributed by atoms with Crippen LogP contribution in [0.15, 0.2) is 47.6 Å². The van der Waals surface area contributed by atoms with Gasteiger partial charge in [0, 0.05) is 12.8 Å². The van der Waals surface area contributed by atoms with Crippen molar-refractivity contribution >= 4 is 0 Å². The predicted octanol–water partition coefficient (Wildman–Crippen LogP) is 4.86. The molecule has 0 aromatic heterocycles. The third-order valence-electron chi connectivity index (χ3n) is 8.85. The van der Waals surface area contributed by atoms with Crippen molar-refractivity contribution in [2.45, 2.75) is 96.1 Å². The molecule has 0 bridgehead atoms. The second kappa shape index (κ2) is 9.21. The fourth-order valence-electron chi connectivity index (χ4n) is 7.04. The van der Waals surface area contributed by atoms with Gasteiger partial charge in [-0.15, -0.1) is 0 Å². The Morgan fingerprint density at radius 2 is 2.03 bits per heavy atom. The Balaban J connectivity index is 1.42. The molecule has 4 heteroatoms. The largest absolute Gasteiger partial charge is 0.393 e. The molecule has 178 valence electrons. The van der Waals surface area contributed by atoms with Crippen LogP contribution < -0.4 is 0 Å². The van der Waals surface area contributed by atoms with Crippen LogP contribution in [0.25, 0.3) is 0 Å². The lowest BCUT2D eigenvalue weighted by molar-refractivity contribution is -0.00793. The van der Waals surface area contributed by atoms with E-state index in [0.29, 0.717) is 42.4 Å². The van der Waals surface area contributed by atoms with Crippen LogP contribution in [-0.4, -0.2) is 45.8 Å². The number of fused-ring (bicyclic) bond motifs is 1. The SMILES string of the molecule is C=C1/C(=C\C=C2/CCC[C@]3(C)[C@@H]([C@H](C)CO[C@H]4C=C[C@](C)(O)C4)CC[C@@H]23)C[C@@H](O)C[C@@H]1O. The molecule has 0 aromatic carbocycles. The minimum atomic E-state index is -0.731. The van der Waals surface area contributed by atoms with E-state index >= 15 is 0 Å². The van der Waals surface area contributed by atoms with Crippen LogP contribution in [0.2, 0.25) is 0 Å². The summed E-state index contributed by atoms with van der Waals surface area (Å²) in [6, 6.07) is 0. The van der Waals surface area contributed by atoms with Gasteiger partial charge in [-0.05, 0) is 79.8 Å². The molecule has 0 spiro atoms. The zero-order valence-corrected chi connectivity index (χ0v) is 20.1. The smallest absolute Gasteiger partial charge is 0.0828 e. The van der Waals surface area contributed by atoms with E-state index in [1.54, 1.807) is 0 Å². The first-order valence-electron chi connectivity index (χ1n) is 12.6. The van der Waals surface area contributed by atoms with Gasteiger partial charge in [0.25, 0.3) is 0 Å². The standard InChI is InChI=1S/C28H42O4/c1-18(17-32-23-11-13-27(3,31)16-23)24-9-10-25-20(6-5-12-28(24,25)4)7-8-21-14-22(29)15-26(30)19(21)2/h7-8,11,13,18,22-26,29-31H,2,5-6,9-10,12,14-17H2,1,3-4H3/b20-7+,21-8-/t18-,22-,23+,24-,25+,26+,27+,28-/m1/s1. The number of ether oxygens (including phenoxy) is 1. The first kappa shape index (κ1) is 23.9. The molecule has 4 aliphatic carbocycles. The van der Waals surface area contributed by atoms with E-state index in [1.807, 2.05) is 19.1 Å². The molecule has 32 heavy (non-hydrogen) atoms. The van der Waals surface area contributed by atoms with Gasteiger partial charge >= 0.3 is 0 Å². The zero-order valence-electron chi connectivity index (χ0n) is 20.1. The maximum atomic E-state index is 10.1. The van der Waals surface area contributed by atoms with Gasteiger partial charge < -0.3 is 20.1 Å². The van der Waals surface area contributed by atoms with E-state index in [0.717, 1.165) is 24.2 Å². The average molecular weight is 443 g/mol. The van der Waals surface area contributed by atoms with E-state index in [2.05, 4.69) is 32.6 Å². The lowest BCUT2D eigenvalue weighted by Gasteiger charge is -2.44. The molecule has 4 rings (SSSR count). The average Bonchev–Trinajstić information content (AvgIpc) is 3.26. The Morgan fingerprint density at radius 3 is 2.75 bits per heavy atom. The summed E-state index contributed by atoms with van der Waals surface area (Å²) >= 11 is 0. The van der Waals surface area contributed by atoms with Crippen molar-refractivity contribution in [3.05, 3.63) is 47.6 Å². The number of hydrogen-bond acceptors (Lipinski definition) is 4. The summed E-state index contributed by atoms with van der Waals surface area (Å²) < 4.78 is 6.20. The highest BCUT2D eigenvalue weighted by molar-refractivity contribution is 5.38. The van der Waals surface area contributed by atoms with Gasteiger partial charge in [0.1, 0.15) is 0 Å². The quantitative estimate of drug-likeness (QED) is 0.532. The highest BCUT2D eigenvalue weighted by Gasteiger charge is 2.50. The van der Waals surface area contributed by atoms with Crippen LogP contribution >= 0.6 is 0 Å². The van der Waals surface area contributed by atoms with E-state index in [1.165, 1.54) is 31.3 Å². The first-order valence-corrected chi connectivity index (χ1v) is 12.6. The van der Waals surface area contributed by atoms with Crippen LogP contribution in [0.3, 0.4) is 0 Å². The molecule has 0 unspecified atom stereocenters. The topological polar surface area (TPSA) is 69.9 Å². The minimum Gasteiger partial charge on any atom is -0.393 e. The monoisotopic (exact) mass is 442 g/mol. The third-order valence-corrected chi connectivity index (χ3v) is 8.85. The van der Waals surface area contributed by atoms with Crippen LogP contribution in [-0.2, 0) is 4.74 Å². The van der Waals surface area contributed by atoms with Crippen LogP contribution in [0, 0.1) is 23.2 Å². The summed E-state index contributed by atoms with van der Waals surface area (Å²) in [5.41, 5.74) is 2.85. The third kappa shape index (κ3) is 4.84. The fraction of sp³-hybridized carbons (Fsp3) is 0.714. The number of hydrogen-bond donors (Lipinski definition) is 3. The van der Waals surface area contributed by atoms with E-state index < -0.39 is 17.8 Å². The maximum absolute atomic E-state index is 10.1. The molecule has 0 heterocycles. The highest BCUT2D eigenvalue weighted by atomic mass is 16.5. The Kier molecular flexibility index (Phi) is 6.89. The molecule has 0 amide bonds. The summed E-state index contributed by atoms with van der Waals surface area (Å²) in [5, 5.41) is 30.4. The van der Waals surface area contributed by atoms with Crippen LogP contribution in [0.5, 0.6) is 0 Å². The number of aliphatic hydroxyl groups is 3. The zero-order chi connectivity index (χ0) is 23.1. The summed E-state index contributed by atoms with van der Waals surface area (Å²) in [6.45, 7) is 11.5. The molecule has 0 aliphatic heterocycles. The fourth-order valence-corrected chi connectivity index (χ4v) is 7.04. The molecule has 8 atom stereocenters. The number of allylic oxidation sites excluding steroid dienone is 3. The van der Waals surface area contributed by atoms with Gasteiger partial charge in [-0.25, -0.2) is 0 Å². The molecule has 4 nitrogen and oxygen atoms in total. The van der Waals surface area contributed by atoms with Crippen molar-refractivity contribution in [3.8, 4) is 0 Å². The Bertz CT molecular complexity index is 806. The molecule has 0 aromatic rings. The van der Waals surface area contributed by atoms with Gasteiger partial charge in [-0.1, -0.05) is 50.3 Å². The molecule has 3 saturated carbocycles. The van der Waals surface area contributed by atoms with E-state index in [-0.39, 0.29) is 6.10 Å². The van der Waals surface area contributed by atoms with Crippen molar-refractivity contribution in [2.75, 3.05) is 6.61 Å². The summed E-state index contributed by atoms with van der Waals surface area (Å²) in [7, 11) is 0. The molecular formula is C28H42O4. The lowest BCUT2D eigenvalue weighted by atomic mass is 9.61. The number of aliphatic hydroxyl groups excluding tert-OH is 2. The van der Waals surface area contributed by atoms with Crippen molar-refractivity contribution in [3.63, 3.8) is 0 Å². The molecule has 0 saturated heterocycles. The second-order valence-corrected chi connectivity index (χ2v) is 11.4. The molecule has 0 radical (unpaired) electrons. The van der Waals surface area contributed by atoms with Crippen LogP contribution in [0.1, 0.15) is 72.1 Å². The highest BCUT2D eigenvalue weighted by Crippen LogP contribution is 2.59. The Hall–Kier alpha value is -1.20. The Morgan fingerprint density at radius 1 is 1.25 bits per heavy atom. The lowest BCUT2D eigenvalue weighted by Crippen LogP contribution is -2.37. The van der Waals surface area contributed by atoms with E-state index in [4.69, 9.17) is 4.74 Å². The molecule has 3 fully saturated rings. The van der Waals surface area contributed by atoms with Gasteiger partial charge in [-0.3, -0.25) is 0 Å². The molecule has 3 N–H and O–H groups in total. The van der Waals surface area contributed by atoms with Gasteiger partial charge in [0.2, 0.25) is 0 Å². The van der Waals surface area contributed by atoms with Gasteiger partial charge in [0.05, 0.1) is 30.5 Å². The minimum absolute atomic E-state index is 0.0280. The normalized spacial score (nSPS) is 45.6. The second-order valence-electron chi connectivity index (χ2n) is 11.4. The maximum Gasteiger partial charge on any atom is 0.0828 e. The van der Waals surface area contributed by atoms with Crippen molar-refractivity contribution in [2.24, 2.45) is 23.2 Å². The van der Waals surface area contributed by atoms with Gasteiger partial charge in [0.15, 0.2) is 0 Å². The number of rotatable bonds is 5.